The molecule has 1 fully saturated rings. The average molecular weight is 338 g/mol. The third kappa shape index (κ3) is 3.04. The number of aryl methyl sites for hydroxylation is 1. The topological polar surface area (TPSA) is 21.3 Å². The molecule has 0 aromatic heterocycles. The minimum atomic E-state index is 0.661. The van der Waals surface area contributed by atoms with Gasteiger partial charge in [0.2, 0.25) is 0 Å². The summed E-state index contributed by atoms with van der Waals surface area (Å²) >= 11 is 3.63. The van der Waals surface area contributed by atoms with Gasteiger partial charge in [0.05, 0.1) is 6.61 Å². The Balaban J connectivity index is 1.68. The highest BCUT2D eigenvalue weighted by molar-refractivity contribution is 9.10. The minimum Gasteiger partial charge on any atom is -0.493 e. The fourth-order valence-electron chi connectivity index (χ4n) is 3.82. The van der Waals surface area contributed by atoms with Crippen LogP contribution < -0.4 is 10.1 Å². The molecule has 2 aliphatic rings. The first-order valence-electron chi connectivity index (χ1n) is 7.89. The maximum absolute atomic E-state index is 5.83. The van der Waals surface area contributed by atoms with E-state index in [4.69, 9.17) is 4.74 Å². The number of rotatable bonds is 5. The Morgan fingerprint density at radius 3 is 2.90 bits per heavy atom. The smallest absolute Gasteiger partial charge is 0.125 e. The molecule has 0 radical (unpaired) electrons. The van der Waals surface area contributed by atoms with Crippen LogP contribution in [0.25, 0.3) is 0 Å². The molecule has 0 spiro atoms. The zero-order valence-corrected chi connectivity index (χ0v) is 13.8. The van der Waals surface area contributed by atoms with Gasteiger partial charge < -0.3 is 10.1 Å². The number of halogens is 1. The Hall–Kier alpha value is -0.540. The van der Waals surface area contributed by atoms with Gasteiger partial charge in [0, 0.05) is 16.9 Å². The lowest BCUT2D eigenvalue weighted by Gasteiger charge is -2.23. The van der Waals surface area contributed by atoms with E-state index < -0.39 is 0 Å². The highest BCUT2D eigenvalue weighted by atomic mass is 79.9. The number of fused-ring (bicyclic) bond motifs is 1. The molecule has 3 heteroatoms. The second kappa shape index (κ2) is 6.48. The molecule has 1 atom stereocenters. The Labute approximate surface area is 130 Å². The Morgan fingerprint density at radius 2 is 2.15 bits per heavy atom. The fourth-order valence-corrected chi connectivity index (χ4v) is 4.37. The zero-order valence-electron chi connectivity index (χ0n) is 12.3. The third-order valence-corrected chi connectivity index (χ3v) is 5.35. The van der Waals surface area contributed by atoms with Crippen LogP contribution in [0.4, 0.5) is 0 Å². The maximum Gasteiger partial charge on any atom is 0.125 e. The third-order valence-electron chi connectivity index (χ3n) is 4.89. The standard InChI is InChI=1S/C17H24BrNO/c1-19-16(12-4-2-3-5-12)7-6-13-10-15(18)11-14-8-9-20-17(13)14/h10-12,16,19H,2-9H2,1H3. The van der Waals surface area contributed by atoms with Crippen LogP contribution in [0.5, 0.6) is 5.75 Å². The second-order valence-electron chi connectivity index (χ2n) is 6.13. The molecule has 0 saturated heterocycles. The molecule has 1 N–H and O–H groups in total. The molecule has 1 unspecified atom stereocenters. The number of ether oxygens (including phenoxy) is 1. The molecule has 1 aromatic rings. The van der Waals surface area contributed by atoms with Crippen molar-refractivity contribution in [1.29, 1.82) is 0 Å². The predicted octanol–water partition coefficient (Wildman–Crippen LogP) is 4.09. The molecule has 2 nitrogen and oxygen atoms in total. The van der Waals surface area contributed by atoms with Gasteiger partial charge in [0.15, 0.2) is 0 Å². The highest BCUT2D eigenvalue weighted by Crippen LogP contribution is 2.35. The van der Waals surface area contributed by atoms with Crippen molar-refractivity contribution >= 4 is 15.9 Å². The van der Waals surface area contributed by atoms with Gasteiger partial charge in [-0.2, -0.15) is 0 Å². The molecule has 1 saturated carbocycles. The van der Waals surface area contributed by atoms with Crippen molar-refractivity contribution in [2.75, 3.05) is 13.7 Å². The van der Waals surface area contributed by atoms with E-state index in [1.54, 1.807) is 0 Å². The van der Waals surface area contributed by atoms with Crippen molar-refractivity contribution in [3.8, 4) is 5.75 Å². The van der Waals surface area contributed by atoms with Crippen molar-refractivity contribution in [3.63, 3.8) is 0 Å². The SMILES string of the molecule is CNC(CCc1cc(Br)cc2c1OCC2)C1CCCC1. The molecule has 110 valence electrons. The van der Waals surface area contributed by atoms with Crippen LogP contribution >= 0.6 is 15.9 Å². The van der Waals surface area contributed by atoms with Gasteiger partial charge in [-0.1, -0.05) is 28.8 Å². The van der Waals surface area contributed by atoms with Gasteiger partial charge in [-0.25, -0.2) is 0 Å². The van der Waals surface area contributed by atoms with Crippen molar-refractivity contribution in [3.05, 3.63) is 27.7 Å². The first-order chi connectivity index (χ1) is 9.78. The molecule has 1 heterocycles. The molecule has 0 amide bonds. The van der Waals surface area contributed by atoms with Crippen LogP contribution in [0.3, 0.4) is 0 Å². The van der Waals surface area contributed by atoms with Crippen LogP contribution in [-0.2, 0) is 12.8 Å². The van der Waals surface area contributed by atoms with E-state index in [-0.39, 0.29) is 0 Å². The van der Waals surface area contributed by atoms with Gasteiger partial charge >= 0.3 is 0 Å². The lowest BCUT2D eigenvalue weighted by atomic mass is 9.92. The Morgan fingerprint density at radius 1 is 1.35 bits per heavy atom. The van der Waals surface area contributed by atoms with Crippen LogP contribution in [0.15, 0.2) is 16.6 Å². The first kappa shape index (κ1) is 14.4. The Bertz CT molecular complexity index is 468. The van der Waals surface area contributed by atoms with E-state index in [0.717, 1.165) is 31.1 Å². The van der Waals surface area contributed by atoms with E-state index in [1.807, 2.05) is 0 Å². The average Bonchev–Trinajstić information content (AvgIpc) is 3.09. The van der Waals surface area contributed by atoms with Crippen molar-refractivity contribution in [1.82, 2.24) is 5.32 Å². The van der Waals surface area contributed by atoms with Crippen LogP contribution in [0.2, 0.25) is 0 Å². The van der Waals surface area contributed by atoms with Gasteiger partial charge in [0.25, 0.3) is 0 Å². The summed E-state index contributed by atoms with van der Waals surface area (Å²) in [5, 5.41) is 3.54. The number of hydrogen-bond donors (Lipinski definition) is 1. The predicted molar refractivity (Wildman–Crippen MR) is 86.5 cm³/mol. The number of nitrogens with one attached hydrogen (secondary N) is 1. The number of benzene rings is 1. The summed E-state index contributed by atoms with van der Waals surface area (Å²) in [5.41, 5.74) is 2.75. The largest absolute Gasteiger partial charge is 0.493 e. The quantitative estimate of drug-likeness (QED) is 0.873. The van der Waals surface area contributed by atoms with Crippen molar-refractivity contribution in [2.45, 2.75) is 51.0 Å². The Kier molecular flexibility index (Phi) is 4.67. The zero-order chi connectivity index (χ0) is 13.9. The molecule has 1 aliphatic heterocycles. The van der Waals surface area contributed by atoms with Crippen molar-refractivity contribution in [2.24, 2.45) is 5.92 Å². The summed E-state index contributed by atoms with van der Waals surface area (Å²) in [5.74, 6) is 2.04. The number of hydrogen-bond acceptors (Lipinski definition) is 2. The normalized spacial score (nSPS) is 19.9. The summed E-state index contributed by atoms with van der Waals surface area (Å²) in [6, 6.07) is 5.11. The molecule has 0 bridgehead atoms. The fraction of sp³-hybridized carbons (Fsp3) is 0.647. The molecular weight excluding hydrogens is 314 g/mol. The van der Waals surface area contributed by atoms with E-state index in [2.05, 4.69) is 40.4 Å². The summed E-state index contributed by atoms with van der Waals surface area (Å²) < 4.78 is 7.03. The summed E-state index contributed by atoms with van der Waals surface area (Å²) in [6.07, 6.45) is 9.02. The molecule has 3 rings (SSSR count). The molecule has 1 aromatic carbocycles. The molecule has 1 aliphatic carbocycles. The minimum absolute atomic E-state index is 0.661. The van der Waals surface area contributed by atoms with Crippen molar-refractivity contribution < 1.29 is 4.74 Å². The van der Waals surface area contributed by atoms with Gasteiger partial charge in [0.1, 0.15) is 5.75 Å². The summed E-state index contributed by atoms with van der Waals surface area (Å²) in [6.45, 7) is 0.844. The second-order valence-corrected chi connectivity index (χ2v) is 7.05. The van der Waals surface area contributed by atoms with Crippen LogP contribution in [-0.4, -0.2) is 19.7 Å². The summed E-state index contributed by atoms with van der Waals surface area (Å²) in [4.78, 5) is 0. The summed E-state index contributed by atoms with van der Waals surface area (Å²) in [7, 11) is 2.12. The molecule has 20 heavy (non-hydrogen) atoms. The first-order valence-corrected chi connectivity index (χ1v) is 8.68. The monoisotopic (exact) mass is 337 g/mol. The lowest BCUT2D eigenvalue weighted by Crippen LogP contribution is -2.32. The van der Waals surface area contributed by atoms with Gasteiger partial charge in [-0.05, 0) is 61.9 Å². The van der Waals surface area contributed by atoms with Gasteiger partial charge in [-0.15, -0.1) is 0 Å². The van der Waals surface area contributed by atoms with Crippen LogP contribution in [0.1, 0.15) is 43.2 Å². The van der Waals surface area contributed by atoms with E-state index in [9.17, 15) is 0 Å². The van der Waals surface area contributed by atoms with E-state index >= 15 is 0 Å². The van der Waals surface area contributed by atoms with E-state index in [0.29, 0.717) is 6.04 Å². The molecular formula is C17H24BrNO. The highest BCUT2D eigenvalue weighted by Gasteiger charge is 2.24. The van der Waals surface area contributed by atoms with E-state index in [1.165, 1.54) is 47.7 Å². The van der Waals surface area contributed by atoms with Crippen LogP contribution in [0, 0.1) is 5.92 Å². The maximum atomic E-state index is 5.83. The van der Waals surface area contributed by atoms with Gasteiger partial charge in [-0.3, -0.25) is 0 Å². The lowest BCUT2D eigenvalue weighted by molar-refractivity contribution is 0.343.